The molecule has 7 saturated heterocycles. The molecule has 45 heteroatoms. The number of unbranched alkanes of at least 4 members (excludes halogenated alkanes) is 30. The van der Waals surface area contributed by atoms with Gasteiger partial charge in [-0.2, -0.15) is 0 Å². The molecule has 814 valence electrons. The third-order valence-corrected chi connectivity index (χ3v) is 26.9. The number of aliphatic hydroxyl groups excluding tert-OH is 21. The van der Waals surface area contributed by atoms with Crippen molar-refractivity contribution in [3.05, 3.63) is 24.3 Å². The third-order valence-electron chi connectivity index (χ3n) is 26.9. The standard InChI is InChI=1S/C95H168N4O41/c1-6-8-10-12-14-16-18-20-21-22-23-24-25-26-27-28-29-31-33-35-37-39-41-43-66(112)99-56(57(109)42-40-38-36-34-32-30-19-17-15-13-11-9-7-2)51-127-90-79(122)77(120)84(64(50-105)133-90)137-93-81(124)87(73(116)61(47-102)130-93)139-89-69(98-55(5)108)75(118)83(63(49-104)132-89)136-92-80(123)86(72(115)60(46-101)129-92)138-88-68(97-54(4)107)74(117)82(62(48-103)131-88)135-91-78(121)76(119)71(114)65(134-91)52-128-95(94(125)126)44-58(110)67(96-53(3)106)85(140-95)70(113)59(111)45-100/h20-21,40,42,56-65,67-93,100-105,109-111,113-124H,6-19,22-39,41,43-52H2,1-5H3,(H,96,106)(H,97,107)(H,98,108)(H,99,112)(H,125,126)/b21-20-,42-40+/t56-,57+,58?,59+,60?,61?,62?,63?,64?,65?,67+,68?,69?,70+,71-,72-,73-,74+,75+,76-,77+,78?,79?,80?,81?,82+,83+,84+,85?,86-,87-,88-,89-,90+,91-,92-,93-,95+/m0/s1. The van der Waals surface area contributed by atoms with E-state index in [4.69, 9.17) is 66.3 Å². The molecule has 14 unspecified atom stereocenters. The SMILES string of the molecule is CCCCCCCC/C=C\CCCCCCCCCCCCCCCC(=O)N[C@@H](CO[C@@H]1OC(CO)[C@@H](O[C@@H]2OC(CO)[C@H](O)[C@H](O[C@@H]3OC(CO)[C@@H](O[C@@H]4OC(CO)[C@H](O)[C@H](O[C@@H]5OC(CO)[C@@H](O[C@@H]6OC(CO[C@]7(C(=O)O)CC(O)[C@@H](NC(C)=O)C([C@H](O)[C@H](O)CO)O7)[C@H](O)[C@H](O)C6O)[C@H](O)C5NC(C)=O)C4O)[C@H](O)C3NC(C)=O)C2O)[C@H](O)C1O)[C@H](O)/C=C/CCCCCCCCCCCCC. The van der Waals surface area contributed by atoms with E-state index < -0.39 is 315 Å². The van der Waals surface area contributed by atoms with E-state index in [-0.39, 0.29) is 12.3 Å². The molecule has 0 aromatic carbocycles. The number of carbonyl (C=O) groups excluding carboxylic acids is 4. The van der Waals surface area contributed by atoms with Gasteiger partial charge in [-0.15, -0.1) is 0 Å². The summed E-state index contributed by atoms with van der Waals surface area (Å²) in [6.45, 7) is -0.840. The second-order valence-corrected chi connectivity index (χ2v) is 38.1. The van der Waals surface area contributed by atoms with E-state index >= 15 is 0 Å². The van der Waals surface area contributed by atoms with Crippen molar-refractivity contribution in [2.75, 3.05) is 52.9 Å². The van der Waals surface area contributed by atoms with E-state index in [1.807, 2.05) is 6.08 Å². The molecule has 26 N–H and O–H groups in total. The molecule has 45 nitrogen and oxygen atoms in total. The number of carbonyl (C=O) groups is 5. The van der Waals surface area contributed by atoms with Gasteiger partial charge in [-0.05, 0) is 44.9 Å². The van der Waals surface area contributed by atoms with Crippen LogP contribution in [0.15, 0.2) is 24.3 Å². The molecule has 0 spiro atoms. The van der Waals surface area contributed by atoms with Crippen LogP contribution >= 0.6 is 0 Å². The van der Waals surface area contributed by atoms with Gasteiger partial charge in [0.05, 0.1) is 77.1 Å². The molecule has 7 rings (SSSR count). The summed E-state index contributed by atoms with van der Waals surface area (Å²) in [5.41, 5.74) is 0. The van der Waals surface area contributed by atoms with E-state index in [2.05, 4.69) is 47.3 Å². The topological polar surface area (TPSA) is 708 Å². The number of amides is 4. The maximum Gasteiger partial charge on any atom is 0.364 e. The van der Waals surface area contributed by atoms with Crippen LogP contribution in [0.4, 0.5) is 0 Å². The Morgan fingerprint density at radius 1 is 0.379 bits per heavy atom. The molecule has 0 aromatic rings. The predicted octanol–water partition coefficient (Wildman–Crippen LogP) is -2.35. The van der Waals surface area contributed by atoms with Crippen molar-refractivity contribution in [3.63, 3.8) is 0 Å². The average Bonchev–Trinajstić information content (AvgIpc) is 0.766. The maximum absolute atomic E-state index is 13.7. The smallest absolute Gasteiger partial charge is 0.364 e. The summed E-state index contributed by atoms with van der Waals surface area (Å²) in [7, 11) is 0. The van der Waals surface area contributed by atoms with Crippen molar-refractivity contribution in [1.29, 1.82) is 0 Å². The van der Waals surface area contributed by atoms with Crippen molar-refractivity contribution in [3.8, 4) is 0 Å². The quantitative estimate of drug-likeness (QED) is 0.0224. The van der Waals surface area contributed by atoms with Crippen LogP contribution in [0.5, 0.6) is 0 Å². The Bertz CT molecular complexity index is 3500. The van der Waals surface area contributed by atoms with Crippen LogP contribution in [0.25, 0.3) is 0 Å². The molecule has 140 heavy (non-hydrogen) atoms. The number of carboxylic acid groups (broad SMARTS) is 1. The normalized spacial score (nSPS) is 35.9. The minimum atomic E-state index is -3.03. The monoisotopic (exact) mass is 2020 g/mol. The van der Waals surface area contributed by atoms with Gasteiger partial charge in [0, 0.05) is 33.6 Å². The second-order valence-electron chi connectivity index (χ2n) is 38.1. The number of ether oxygens (including phenoxy) is 14. The number of aliphatic carboxylic acids is 1. The first-order valence-electron chi connectivity index (χ1n) is 50.7. The summed E-state index contributed by atoms with van der Waals surface area (Å²) in [6, 6.07) is -6.58. The van der Waals surface area contributed by atoms with E-state index in [1.54, 1.807) is 6.08 Å². The molecule has 7 heterocycles. The van der Waals surface area contributed by atoms with E-state index in [1.165, 1.54) is 135 Å². The zero-order valence-electron chi connectivity index (χ0n) is 81.7. The summed E-state index contributed by atoms with van der Waals surface area (Å²) in [4.78, 5) is 64.8. The number of carboxylic acids is 1. The van der Waals surface area contributed by atoms with Gasteiger partial charge in [-0.25, -0.2) is 4.79 Å². The summed E-state index contributed by atoms with van der Waals surface area (Å²) in [5.74, 6) is -8.06. The molecule has 7 aliphatic rings. The van der Waals surface area contributed by atoms with Crippen molar-refractivity contribution in [1.82, 2.24) is 21.3 Å². The Labute approximate surface area is 819 Å². The Hall–Kier alpha value is -4.57. The first-order valence-corrected chi connectivity index (χ1v) is 50.7. The molecule has 4 amide bonds. The number of hydrogen-bond donors (Lipinski definition) is 26. The van der Waals surface area contributed by atoms with E-state index in [0.29, 0.717) is 12.8 Å². The highest BCUT2D eigenvalue weighted by Crippen LogP contribution is 2.41. The molecule has 0 radical (unpaired) electrons. The van der Waals surface area contributed by atoms with Crippen LogP contribution in [-0.2, 0) is 90.3 Å². The lowest BCUT2D eigenvalue weighted by molar-refractivity contribution is -0.387. The number of allylic oxidation sites excluding steroid dienone is 3. The third kappa shape index (κ3) is 37.3. The van der Waals surface area contributed by atoms with Gasteiger partial charge < -0.3 is 200 Å². The van der Waals surface area contributed by atoms with Crippen molar-refractivity contribution < 1.29 is 203 Å². The van der Waals surface area contributed by atoms with Crippen LogP contribution in [-0.4, -0.2) is 427 Å². The average molecular weight is 2020 g/mol. The second kappa shape index (κ2) is 64.6. The van der Waals surface area contributed by atoms with E-state index in [9.17, 15) is 136 Å². The predicted molar refractivity (Wildman–Crippen MR) is 492 cm³/mol. The Kier molecular flexibility index (Phi) is 56.5. The summed E-state index contributed by atoms with van der Waals surface area (Å²) >= 11 is 0. The molecule has 7 fully saturated rings. The first-order chi connectivity index (χ1) is 67.1. The van der Waals surface area contributed by atoms with Gasteiger partial charge in [0.15, 0.2) is 37.7 Å². The van der Waals surface area contributed by atoms with E-state index in [0.717, 1.165) is 85.0 Å². The zero-order valence-corrected chi connectivity index (χ0v) is 81.7. The lowest BCUT2D eigenvalue weighted by atomic mass is 9.88. The minimum Gasteiger partial charge on any atom is -0.477 e. The number of aliphatic hydroxyl groups is 21. The summed E-state index contributed by atoms with van der Waals surface area (Å²) in [6.07, 6.45) is -22.0. The van der Waals surface area contributed by atoms with Gasteiger partial charge in [0.2, 0.25) is 23.6 Å². The molecule has 0 saturated carbocycles. The van der Waals surface area contributed by atoms with Crippen molar-refractivity contribution in [2.45, 2.75) is 492 Å². The zero-order chi connectivity index (χ0) is 103. The minimum absolute atomic E-state index is 0.151. The van der Waals surface area contributed by atoms with Crippen molar-refractivity contribution in [2.24, 2.45) is 0 Å². The van der Waals surface area contributed by atoms with Gasteiger partial charge >= 0.3 is 5.97 Å². The number of hydrogen-bond acceptors (Lipinski definition) is 40. The molecule has 0 aromatic heterocycles. The molecule has 0 aliphatic carbocycles. The fraction of sp³-hybridized carbons (Fsp3) is 0.905. The molecule has 7 aliphatic heterocycles. The van der Waals surface area contributed by atoms with Gasteiger partial charge in [-0.1, -0.05) is 205 Å². The Morgan fingerprint density at radius 2 is 0.729 bits per heavy atom. The number of rotatable bonds is 66. The van der Waals surface area contributed by atoms with Crippen molar-refractivity contribution >= 4 is 29.6 Å². The summed E-state index contributed by atoms with van der Waals surface area (Å²) in [5, 5.41) is 257. The van der Waals surface area contributed by atoms with Gasteiger partial charge in [-0.3, -0.25) is 19.2 Å². The van der Waals surface area contributed by atoms with Gasteiger partial charge in [0.25, 0.3) is 5.79 Å². The molecule has 0 bridgehead atoms. The van der Waals surface area contributed by atoms with Crippen LogP contribution < -0.4 is 21.3 Å². The Morgan fingerprint density at radius 3 is 1.13 bits per heavy atom. The summed E-state index contributed by atoms with van der Waals surface area (Å²) < 4.78 is 82.9. The molecular weight excluding hydrogens is 1850 g/mol. The largest absolute Gasteiger partial charge is 0.477 e. The maximum atomic E-state index is 13.7. The molecular formula is C95H168N4O41. The first kappa shape index (κ1) is 122. The molecule has 38 atom stereocenters. The number of nitrogens with one attached hydrogen (secondary N) is 4. The fourth-order valence-corrected chi connectivity index (χ4v) is 18.7. The van der Waals surface area contributed by atoms with Crippen LogP contribution in [0.3, 0.4) is 0 Å². The van der Waals surface area contributed by atoms with Crippen LogP contribution in [0.1, 0.15) is 259 Å². The van der Waals surface area contributed by atoms with Gasteiger partial charge in [0.1, 0.15) is 165 Å². The highest BCUT2D eigenvalue weighted by Gasteiger charge is 2.61. The van der Waals surface area contributed by atoms with Crippen LogP contribution in [0.2, 0.25) is 0 Å². The lowest BCUT2D eigenvalue weighted by Crippen LogP contribution is -2.71. The lowest BCUT2D eigenvalue weighted by Gasteiger charge is -2.51. The highest BCUT2D eigenvalue weighted by atomic mass is 16.8. The van der Waals surface area contributed by atoms with Crippen LogP contribution in [0, 0.1) is 0 Å². The Balaban J connectivity index is 0.964. The fourth-order valence-electron chi connectivity index (χ4n) is 18.7. The highest BCUT2D eigenvalue weighted by molar-refractivity contribution is 5.77.